The lowest BCUT2D eigenvalue weighted by atomic mass is 10.1. The quantitative estimate of drug-likeness (QED) is 0.857. The molecule has 0 spiro atoms. The molecule has 1 aliphatic rings. The van der Waals surface area contributed by atoms with Gasteiger partial charge in [-0.3, -0.25) is 0 Å². The summed E-state index contributed by atoms with van der Waals surface area (Å²) in [5, 5.41) is 12.7. The molecule has 2 atom stereocenters. The van der Waals surface area contributed by atoms with Gasteiger partial charge in [-0.15, -0.1) is 0 Å². The summed E-state index contributed by atoms with van der Waals surface area (Å²) in [4.78, 5) is 0. The van der Waals surface area contributed by atoms with Crippen molar-refractivity contribution in [3.05, 3.63) is 59.7 Å². The first-order chi connectivity index (χ1) is 11.2. The molecule has 1 saturated heterocycles. The van der Waals surface area contributed by atoms with E-state index in [0.717, 1.165) is 35.6 Å². The number of aliphatic hydroxyl groups excluding tert-OH is 1. The van der Waals surface area contributed by atoms with Crippen LogP contribution in [-0.4, -0.2) is 24.4 Å². The third-order valence-electron chi connectivity index (χ3n) is 4.06. The van der Waals surface area contributed by atoms with E-state index in [1.54, 1.807) is 0 Å². The van der Waals surface area contributed by atoms with E-state index in [2.05, 4.69) is 18.3 Å². The molecule has 122 valence electrons. The zero-order valence-corrected chi connectivity index (χ0v) is 13.4. The van der Waals surface area contributed by atoms with Crippen molar-refractivity contribution >= 4 is 5.69 Å². The number of anilines is 1. The summed E-state index contributed by atoms with van der Waals surface area (Å²) in [6.45, 7) is 3.64. The Morgan fingerprint density at radius 2 is 2.09 bits per heavy atom. The monoisotopic (exact) mass is 313 g/mol. The first-order valence-electron chi connectivity index (χ1n) is 8.05. The average molecular weight is 313 g/mol. The van der Waals surface area contributed by atoms with E-state index in [-0.39, 0.29) is 18.8 Å². The summed E-state index contributed by atoms with van der Waals surface area (Å²) in [5.41, 5.74) is 3.13. The maximum Gasteiger partial charge on any atom is 0.124 e. The van der Waals surface area contributed by atoms with Gasteiger partial charge in [-0.1, -0.05) is 24.3 Å². The van der Waals surface area contributed by atoms with Crippen molar-refractivity contribution < 1.29 is 14.6 Å². The number of ether oxygens (including phenoxy) is 2. The minimum absolute atomic E-state index is 0.0669. The molecule has 4 heteroatoms. The van der Waals surface area contributed by atoms with Crippen LogP contribution >= 0.6 is 0 Å². The van der Waals surface area contributed by atoms with Gasteiger partial charge in [-0.2, -0.15) is 0 Å². The fourth-order valence-corrected chi connectivity index (χ4v) is 2.72. The van der Waals surface area contributed by atoms with E-state index in [0.29, 0.717) is 6.61 Å². The summed E-state index contributed by atoms with van der Waals surface area (Å²) in [6, 6.07) is 16.2. The molecule has 0 amide bonds. The van der Waals surface area contributed by atoms with Gasteiger partial charge in [0.2, 0.25) is 0 Å². The number of hydrogen-bond acceptors (Lipinski definition) is 4. The van der Waals surface area contributed by atoms with Gasteiger partial charge in [0.25, 0.3) is 0 Å². The summed E-state index contributed by atoms with van der Waals surface area (Å²) >= 11 is 0. The number of hydrogen-bond donors (Lipinski definition) is 2. The predicted molar refractivity (Wildman–Crippen MR) is 90.7 cm³/mol. The second kappa shape index (κ2) is 7.49. The van der Waals surface area contributed by atoms with Gasteiger partial charge < -0.3 is 19.9 Å². The van der Waals surface area contributed by atoms with Gasteiger partial charge in [-0.05, 0) is 42.3 Å². The second-order valence-electron chi connectivity index (χ2n) is 5.90. The van der Waals surface area contributed by atoms with E-state index >= 15 is 0 Å². The third kappa shape index (κ3) is 4.24. The van der Waals surface area contributed by atoms with Gasteiger partial charge in [0.15, 0.2) is 0 Å². The van der Waals surface area contributed by atoms with Crippen LogP contribution in [0.1, 0.15) is 30.5 Å². The number of nitrogens with one attached hydrogen (secondary N) is 1. The van der Waals surface area contributed by atoms with Crippen molar-refractivity contribution in [2.75, 3.05) is 18.5 Å². The molecular weight excluding hydrogens is 290 g/mol. The minimum Gasteiger partial charge on any atom is -0.488 e. The summed E-state index contributed by atoms with van der Waals surface area (Å²) in [5.74, 6) is 0.876. The molecule has 1 fully saturated rings. The molecule has 1 heterocycles. The van der Waals surface area contributed by atoms with Gasteiger partial charge >= 0.3 is 0 Å². The maximum atomic E-state index is 9.24. The summed E-state index contributed by atoms with van der Waals surface area (Å²) in [7, 11) is 0. The van der Waals surface area contributed by atoms with Crippen LogP contribution in [0.2, 0.25) is 0 Å². The summed E-state index contributed by atoms with van der Waals surface area (Å²) < 4.78 is 11.2. The highest BCUT2D eigenvalue weighted by molar-refractivity contribution is 5.48. The standard InChI is InChI=1S/C19H23NO3/c1-14(16-4-2-3-15(11-16)12-21)20-17-5-7-18(8-6-17)23-19-9-10-22-13-19/h2-8,11,14,19-21H,9-10,12-13H2,1H3. The van der Waals surface area contributed by atoms with Crippen molar-refractivity contribution in [2.24, 2.45) is 0 Å². The van der Waals surface area contributed by atoms with Crippen LogP contribution in [0.4, 0.5) is 5.69 Å². The Morgan fingerprint density at radius 1 is 1.26 bits per heavy atom. The number of aliphatic hydroxyl groups is 1. The lowest BCUT2D eigenvalue weighted by Gasteiger charge is -2.17. The van der Waals surface area contributed by atoms with Crippen molar-refractivity contribution in [3.8, 4) is 5.75 Å². The van der Waals surface area contributed by atoms with Crippen LogP contribution in [0, 0.1) is 0 Å². The Morgan fingerprint density at radius 3 is 2.78 bits per heavy atom. The lowest BCUT2D eigenvalue weighted by molar-refractivity contribution is 0.141. The van der Waals surface area contributed by atoms with Crippen molar-refractivity contribution in [1.82, 2.24) is 0 Å². The third-order valence-corrected chi connectivity index (χ3v) is 4.06. The van der Waals surface area contributed by atoms with Crippen molar-refractivity contribution in [3.63, 3.8) is 0 Å². The minimum atomic E-state index is 0.0669. The molecule has 0 aromatic heterocycles. The van der Waals surface area contributed by atoms with Gasteiger partial charge in [0.1, 0.15) is 11.9 Å². The smallest absolute Gasteiger partial charge is 0.124 e. The fourth-order valence-electron chi connectivity index (χ4n) is 2.72. The van der Waals surface area contributed by atoms with Crippen LogP contribution in [0.25, 0.3) is 0 Å². The Bertz CT molecular complexity index is 621. The van der Waals surface area contributed by atoms with Crippen LogP contribution < -0.4 is 10.1 Å². The molecule has 2 aromatic rings. The first-order valence-corrected chi connectivity index (χ1v) is 8.05. The Kier molecular flexibility index (Phi) is 5.16. The van der Waals surface area contributed by atoms with E-state index < -0.39 is 0 Å². The van der Waals surface area contributed by atoms with E-state index in [9.17, 15) is 5.11 Å². The Balaban J connectivity index is 1.60. The number of benzene rings is 2. The highest BCUT2D eigenvalue weighted by Gasteiger charge is 2.17. The van der Waals surface area contributed by atoms with Crippen molar-refractivity contribution in [1.29, 1.82) is 0 Å². The second-order valence-corrected chi connectivity index (χ2v) is 5.90. The largest absolute Gasteiger partial charge is 0.488 e. The van der Waals surface area contributed by atoms with Crippen LogP contribution in [-0.2, 0) is 11.3 Å². The molecular formula is C19H23NO3. The van der Waals surface area contributed by atoms with E-state index in [1.807, 2.05) is 42.5 Å². The Hall–Kier alpha value is -2.04. The van der Waals surface area contributed by atoms with Gasteiger partial charge in [0, 0.05) is 18.2 Å². The SMILES string of the molecule is CC(Nc1ccc(OC2CCOC2)cc1)c1cccc(CO)c1. The van der Waals surface area contributed by atoms with Crippen molar-refractivity contribution in [2.45, 2.75) is 32.1 Å². The van der Waals surface area contributed by atoms with Gasteiger partial charge in [0.05, 0.1) is 19.8 Å². The lowest BCUT2D eigenvalue weighted by Crippen LogP contribution is -2.15. The molecule has 0 saturated carbocycles. The first kappa shape index (κ1) is 15.8. The molecule has 2 unspecified atom stereocenters. The van der Waals surface area contributed by atoms with Gasteiger partial charge in [-0.25, -0.2) is 0 Å². The van der Waals surface area contributed by atoms with Crippen LogP contribution in [0.15, 0.2) is 48.5 Å². The Labute approximate surface area is 137 Å². The zero-order chi connectivity index (χ0) is 16.1. The molecule has 4 nitrogen and oxygen atoms in total. The highest BCUT2D eigenvalue weighted by atomic mass is 16.5. The zero-order valence-electron chi connectivity index (χ0n) is 13.4. The molecule has 0 aliphatic carbocycles. The molecule has 2 aromatic carbocycles. The van der Waals surface area contributed by atoms with E-state index in [4.69, 9.17) is 9.47 Å². The average Bonchev–Trinajstić information content (AvgIpc) is 3.09. The van der Waals surface area contributed by atoms with E-state index in [1.165, 1.54) is 0 Å². The maximum absolute atomic E-state index is 9.24. The molecule has 1 aliphatic heterocycles. The summed E-state index contributed by atoms with van der Waals surface area (Å²) in [6.07, 6.45) is 1.13. The van der Waals surface area contributed by atoms with Crippen LogP contribution in [0.5, 0.6) is 5.75 Å². The fraction of sp³-hybridized carbons (Fsp3) is 0.368. The van der Waals surface area contributed by atoms with Crippen LogP contribution in [0.3, 0.4) is 0 Å². The molecule has 0 bridgehead atoms. The predicted octanol–water partition coefficient (Wildman–Crippen LogP) is 3.52. The normalized spacial score (nSPS) is 18.6. The molecule has 3 rings (SSSR count). The molecule has 23 heavy (non-hydrogen) atoms. The molecule has 0 radical (unpaired) electrons. The highest BCUT2D eigenvalue weighted by Crippen LogP contribution is 2.23. The topological polar surface area (TPSA) is 50.7 Å². The molecule has 2 N–H and O–H groups in total. The number of rotatable bonds is 6.